The van der Waals surface area contributed by atoms with E-state index < -0.39 is 12.6 Å². The molecule has 1 rings (SSSR count). The Morgan fingerprint density at radius 1 is 1.35 bits per heavy atom. The minimum absolute atomic E-state index is 0.371. The van der Waals surface area contributed by atoms with Crippen LogP contribution in [-0.4, -0.2) is 24.3 Å². The van der Waals surface area contributed by atoms with Gasteiger partial charge in [-0.3, -0.25) is 4.98 Å². The highest BCUT2D eigenvalue weighted by molar-refractivity contribution is 5.32. The first-order valence-electron chi connectivity index (χ1n) is 6.63. The van der Waals surface area contributed by atoms with Gasteiger partial charge in [0.25, 0.3) is 0 Å². The van der Waals surface area contributed by atoms with Crippen molar-refractivity contribution in [3.8, 4) is 5.75 Å². The van der Waals surface area contributed by atoms with Gasteiger partial charge in [-0.25, -0.2) is 0 Å². The first-order chi connectivity index (χ1) is 9.28. The quantitative estimate of drug-likeness (QED) is 0.835. The van der Waals surface area contributed by atoms with E-state index in [0.29, 0.717) is 18.2 Å². The lowest BCUT2D eigenvalue weighted by molar-refractivity contribution is -0.139. The van der Waals surface area contributed by atoms with Crippen LogP contribution in [0.5, 0.6) is 5.75 Å². The van der Waals surface area contributed by atoms with Gasteiger partial charge in [-0.15, -0.1) is 0 Å². The van der Waals surface area contributed by atoms with E-state index in [1.807, 2.05) is 0 Å². The summed E-state index contributed by atoms with van der Waals surface area (Å²) in [6, 6.07) is 1.67. The predicted octanol–water partition coefficient (Wildman–Crippen LogP) is 3.47. The van der Waals surface area contributed by atoms with Crippen molar-refractivity contribution in [1.29, 1.82) is 0 Å². The Hall–Kier alpha value is -1.30. The minimum atomic E-state index is -4.20. The normalized spacial score (nSPS) is 11.9. The number of aromatic nitrogens is 1. The Kier molecular flexibility index (Phi) is 6.26. The van der Waals surface area contributed by atoms with Gasteiger partial charge in [-0.1, -0.05) is 13.8 Å². The van der Waals surface area contributed by atoms with E-state index in [0.717, 1.165) is 17.8 Å². The molecule has 20 heavy (non-hydrogen) atoms. The van der Waals surface area contributed by atoms with E-state index in [1.54, 1.807) is 19.2 Å². The summed E-state index contributed by atoms with van der Waals surface area (Å²) in [7, 11) is 0. The predicted molar refractivity (Wildman–Crippen MR) is 71.7 cm³/mol. The molecule has 1 heterocycles. The summed E-state index contributed by atoms with van der Waals surface area (Å²) < 4.78 is 41.6. The zero-order chi connectivity index (χ0) is 15.2. The summed E-state index contributed by atoms with van der Waals surface area (Å²) >= 11 is 0. The molecule has 0 unspecified atom stereocenters. The lowest BCUT2D eigenvalue weighted by atomic mass is 10.2. The third-order valence-corrected chi connectivity index (χ3v) is 2.59. The maximum Gasteiger partial charge on any atom is 0.392 e. The minimum Gasteiger partial charge on any atom is -0.493 e. The molecular formula is C14H21F3N2O. The van der Waals surface area contributed by atoms with Crippen LogP contribution < -0.4 is 10.1 Å². The van der Waals surface area contributed by atoms with Crippen LogP contribution in [0.15, 0.2) is 12.3 Å². The van der Waals surface area contributed by atoms with Crippen molar-refractivity contribution >= 4 is 0 Å². The maximum absolute atomic E-state index is 12.1. The van der Waals surface area contributed by atoms with Crippen molar-refractivity contribution in [3.63, 3.8) is 0 Å². The SMILES string of the molecule is Cc1cc(OCCC(F)(F)F)c(CNCC(C)C)cn1. The third-order valence-electron chi connectivity index (χ3n) is 2.59. The molecule has 0 fully saturated rings. The van der Waals surface area contributed by atoms with Crippen molar-refractivity contribution in [3.05, 3.63) is 23.5 Å². The summed E-state index contributed by atoms with van der Waals surface area (Å²) in [5.41, 5.74) is 1.50. The van der Waals surface area contributed by atoms with E-state index in [2.05, 4.69) is 24.1 Å². The summed E-state index contributed by atoms with van der Waals surface area (Å²) in [5.74, 6) is 0.973. The fourth-order valence-electron chi connectivity index (χ4n) is 1.60. The zero-order valence-electron chi connectivity index (χ0n) is 12.0. The smallest absolute Gasteiger partial charge is 0.392 e. The van der Waals surface area contributed by atoms with E-state index in [1.165, 1.54) is 0 Å². The Balaban J connectivity index is 2.60. The van der Waals surface area contributed by atoms with Crippen molar-refractivity contribution < 1.29 is 17.9 Å². The second-order valence-corrected chi connectivity index (χ2v) is 5.17. The van der Waals surface area contributed by atoms with E-state index >= 15 is 0 Å². The average Bonchev–Trinajstić information content (AvgIpc) is 2.29. The lowest BCUT2D eigenvalue weighted by Gasteiger charge is -2.14. The van der Waals surface area contributed by atoms with Crippen LogP contribution in [0.25, 0.3) is 0 Å². The molecule has 0 saturated carbocycles. The fraction of sp³-hybridized carbons (Fsp3) is 0.643. The summed E-state index contributed by atoms with van der Waals surface area (Å²) in [6.45, 7) is 6.94. The Bertz CT molecular complexity index is 419. The summed E-state index contributed by atoms with van der Waals surface area (Å²) in [6.07, 6.45) is -3.50. The van der Waals surface area contributed by atoms with Crippen molar-refractivity contribution in [2.75, 3.05) is 13.2 Å². The second-order valence-electron chi connectivity index (χ2n) is 5.17. The molecular weight excluding hydrogens is 269 g/mol. The highest BCUT2D eigenvalue weighted by Crippen LogP contribution is 2.22. The molecule has 0 aliphatic rings. The van der Waals surface area contributed by atoms with Gasteiger partial charge in [0.15, 0.2) is 0 Å². The molecule has 1 N–H and O–H groups in total. The molecule has 1 aromatic rings. The number of ether oxygens (including phenoxy) is 1. The van der Waals surface area contributed by atoms with Crippen molar-refractivity contribution in [2.45, 2.75) is 39.9 Å². The van der Waals surface area contributed by atoms with Crippen LogP contribution in [0.3, 0.4) is 0 Å². The molecule has 0 saturated heterocycles. The lowest BCUT2D eigenvalue weighted by Crippen LogP contribution is -2.20. The molecule has 114 valence electrons. The van der Waals surface area contributed by atoms with E-state index in [9.17, 15) is 13.2 Å². The molecule has 0 aliphatic carbocycles. The summed E-state index contributed by atoms with van der Waals surface area (Å²) in [4.78, 5) is 4.15. The van der Waals surface area contributed by atoms with Gasteiger partial charge in [-0.2, -0.15) is 13.2 Å². The number of aryl methyl sites for hydroxylation is 1. The van der Waals surface area contributed by atoms with Gasteiger partial charge >= 0.3 is 6.18 Å². The van der Waals surface area contributed by atoms with Gasteiger partial charge in [0.05, 0.1) is 13.0 Å². The number of hydrogen-bond donors (Lipinski definition) is 1. The van der Waals surface area contributed by atoms with Gasteiger partial charge < -0.3 is 10.1 Å². The largest absolute Gasteiger partial charge is 0.493 e. The third kappa shape index (κ3) is 6.75. The molecule has 0 aliphatic heterocycles. The van der Waals surface area contributed by atoms with Crippen LogP contribution in [0, 0.1) is 12.8 Å². The number of pyridine rings is 1. The number of halogens is 3. The van der Waals surface area contributed by atoms with Crippen LogP contribution in [0.4, 0.5) is 13.2 Å². The molecule has 0 spiro atoms. The number of rotatable bonds is 7. The average molecular weight is 290 g/mol. The van der Waals surface area contributed by atoms with Gasteiger partial charge in [0.1, 0.15) is 5.75 Å². The number of alkyl halides is 3. The molecule has 0 atom stereocenters. The number of nitrogens with one attached hydrogen (secondary N) is 1. The van der Waals surface area contributed by atoms with Gasteiger partial charge in [-0.05, 0) is 19.4 Å². The standard InChI is InChI=1S/C14H21F3N2O/c1-10(2)7-18-8-12-9-19-11(3)6-13(12)20-5-4-14(15,16)17/h6,9-10,18H,4-5,7-8H2,1-3H3. The molecule has 6 heteroatoms. The first kappa shape index (κ1) is 16.8. The Labute approximate surface area is 117 Å². The summed E-state index contributed by atoms with van der Waals surface area (Å²) in [5, 5.41) is 3.23. The van der Waals surface area contributed by atoms with Crippen molar-refractivity contribution in [2.24, 2.45) is 5.92 Å². The second kappa shape index (κ2) is 7.47. The first-order valence-corrected chi connectivity index (χ1v) is 6.63. The monoisotopic (exact) mass is 290 g/mol. The molecule has 0 aromatic carbocycles. The highest BCUT2D eigenvalue weighted by Gasteiger charge is 2.27. The molecule has 0 amide bonds. The molecule has 3 nitrogen and oxygen atoms in total. The maximum atomic E-state index is 12.1. The zero-order valence-corrected chi connectivity index (χ0v) is 12.0. The molecule has 1 aromatic heterocycles. The molecule has 0 radical (unpaired) electrons. The highest BCUT2D eigenvalue weighted by atomic mass is 19.4. The number of nitrogens with zero attached hydrogens (tertiary/aromatic N) is 1. The van der Waals surface area contributed by atoms with Crippen LogP contribution in [-0.2, 0) is 6.54 Å². The van der Waals surface area contributed by atoms with Crippen molar-refractivity contribution in [1.82, 2.24) is 10.3 Å². The topological polar surface area (TPSA) is 34.1 Å². The Morgan fingerprint density at radius 3 is 2.65 bits per heavy atom. The van der Waals surface area contributed by atoms with Gasteiger partial charge in [0.2, 0.25) is 0 Å². The number of hydrogen-bond acceptors (Lipinski definition) is 3. The van der Waals surface area contributed by atoms with E-state index in [-0.39, 0.29) is 6.61 Å². The van der Waals surface area contributed by atoms with Crippen LogP contribution >= 0.6 is 0 Å². The molecule has 0 bridgehead atoms. The van der Waals surface area contributed by atoms with Crippen LogP contribution in [0.2, 0.25) is 0 Å². The van der Waals surface area contributed by atoms with Crippen LogP contribution in [0.1, 0.15) is 31.5 Å². The fourth-order valence-corrected chi connectivity index (χ4v) is 1.60. The van der Waals surface area contributed by atoms with E-state index in [4.69, 9.17) is 4.74 Å². The van der Waals surface area contributed by atoms with Gasteiger partial charge in [0, 0.05) is 30.1 Å². The Morgan fingerprint density at radius 2 is 2.05 bits per heavy atom.